The SMILES string of the molecule is Cl.O=C(CSCC(=O)c1ccc(Cl)cc1)NCC1CNC1. The maximum atomic E-state index is 11.9. The Morgan fingerprint density at radius 1 is 1.24 bits per heavy atom. The van der Waals surface area contributed by atoms with Crippen LogP contribution in [0.5, 0.6) is 0 Å². The lowest BCUT2D eigenvalue weighted by Gasteiger charge is -2.27. The summed E-state index contributed by atoms with van der Waals surface area (Å²) in [7, 11) is 0. The van der Waals surface area contributed by atoms with E-state index in [0.29, 0.717) is 28.0 Å². The van der Waals surface area contributed by atoms with Crippen molar-refractivity contribution in [3.8, 4) is 0 Å². The van der Waals surface area contributed by atoms with Crippen LogP contribution >= 0.6 is 35.8 Å². The Morgan fingerprint density at radius 2 is 1.90 bits per heavy atom. The molecule has 0 aromatic heterocycles. The van der Waals surface area contributed by atoms with Crippen LogP contribution in [-0.2, 0) is 4.79 Å². The van der Waals surface area contributed by atoms with Gasteiger partial charge in [-0.3, -0.25) is 9.59 Å². The van der Waals surface area contributed by atoms with E-state index < -0.39 is 0 Å². The van der Waals surface area contributed by atoms with Crippen molar-refractivity contribution in [2.45, 2.75) is 0 Å². The van der Waals surface area contributed by atoms with Gasteiger partial charge in [-0.2, -0.15) is 0 Å². The number of benzene rings is 1. The van der Waals surface area contributed by atoms with Gasteiger partial charge < -0.3 is 10.6 Å². The predicted molar refractivity (Wildman–Crippen MR) is 89.7 cm³/mol. The predicted octanol–water partition coefficient (Wildman–Crippen LogP) is 2.01. The summed E-state index contributed by atoms with van der Waals surface area (Å²) >= 11 is 7.10. The minimum Gasteiger partial charge on any atom is -0.355 e. The van der Waals surface area contributed by atoms with E-state index in [2.05, 4.69) is 10.6 Å². The van der Waals surface area contributed by atoms with Crippen LogP contribution in [0.4, 0.5) is 0 Å². The van der Waals surface area contributed by atoms with Gasteiger partial charge in [-0.05, 0) is 24.3 Å². The molecule has 0 radical (unpaired) electrons. The highest BCUT2D eigenvalue weighted by Gasteiger charge is 2.17. The lowest BCUT2D eigenvalue weighted by atomic mass is 10.0. The van der Waals surface area contributed by atoms with Crippen LogP contribution < -0.4 is 10.6 Å². The van der Waals surface area contributed by atoms with E-state index in [1.54, 1.807) is 24.3 Å². The molecule has 0 atom stereocenters. The van der Waals surface area contributed by atoms with E-state index in [1.165, 1.54) is 11.8 Å². The van der Waals surface area contributed by atoms with Gasteiger partial charge in [-0.25, -0.2) is 0 Å². The molecule has 21 heavy (non-hydrogen) atoms. The van der Waals surface area contributed by atoms with Crippen LogP contribution in [0, 0.1) is 5.92 Å². The molecule has 116 valence electrons. The molecule has 0 unspecified atom stereocenters. The molecule has 1 aromatic rings. The normalized spacial score (nSPS) is 14.0. The summed E-state index contributed by atoms with van der Waals surface area (Å²) in [5.41, 5.74) is 0.628. The molecular weight excluding hydrogens is 331 g/mol. The number of carbonyl (C=O) groups is 2. The van der Waals surface area contributed by atoms with Gasteiger partial charge in [0.05, 0.1) is 11.5 Å². The summed E-state index contributed by atoms with van der Waals surface area (Å²) in [5.74, 6) is 1.19. The Labute approximate surface area is 139 Å². The van der Waals surface area contributed by atoms with Gasteiger partial charge in [-0.1, -0.05) is 11.6 Å². The molecule has 2 N–H and O–H groups in total. The first-order chi connectivity index (χ1) is 9.65. The zero-order chi connectivity index (χ0) is 14.4. The smallest absolute Gasteiger partial charge is 0.230 e. The second-order valence-electron chi connectivity index (χ2n) is 4.75. The number of ketones is 1. The molecule has 0 aliphatic carbocycles. The molecule has 4 nitrogen and oxygen atoms in total. The fourth-order valence-electron chi connectivity index (χ4n) is 1.76. The Hall–Kier alpha value is -0.750. The zero-order valence-electron chi connectivity index (χ0n) is 11.4. The van der Waals surface area contributed by atoms with Crippen molar-refractivity contribution in [3.05, 3.63) is 34.9 Å². The van der Waals surface area contributed by atoms with Crippen molar-refractivity contribution >= 4 is 47.5 Å². The largest absolute Gasteiger partial charge is 0.355 e. The quantitative estimate of drug-likeness (QED) is 0.740. The number of rotatable bonds is 7. The molecule has 1 saturated heterocycles. The van der Waals surface area contributed by atoms with Gasteiger partial charge in [0.15, 0.2) is 5.78 Å². The number of thioether (sulfide) groups is 1. The third-order valence-corrected chi connectivity index (χ3v) is 4.27. The van der Waals surface area contributed by atoms with Crippen LogP contribution in [0.15, 0.2) is 24.3 Å². The van der Waals surface area contributed by atoms with Gasteiger partial charge in [0.1, 0.15) is 0 Å². The Balaban J connectivity index is 0.00000220. The summed E-state index contributed by atoms with van der Waals surface area (Å²) in [6, 6.07) is 6.79. The molecule has 0 spiro atoms. The summed E-state index contributed by atoms with van der Waals surface area (Å²) in [5, 5.41) is 6.64. The molecule has 7 heteroatoms. The maximum absolute atomic E-state index is 11.9. The fourth-order valence-corrected chi connectivity index (χ4v) is 2.63. The highest BCUT2D eigenvalue weighted by Crippen LogP contribution is 2.12. The van der Waals surface area contributed by atoms with Gasteiger partial charge >= 0.3 is 0 Å². The zero-order valence-corrected chi connectivity index (χ0v) is 13.8. The van der Waals surface area contributed by atoms with Gasteiger partial charge in [0.25, 0.3) is 0 Å². The number of nitrogens with one attached hydrogen (secondary N) is 2. The second-order valence-corrected chi connectivity index (χ2v) is 6.17. The van der Waals surface area contributed by atoms with Gasteiger partial charge in [-0.15, -0.1) is 24.2 Å². The summed E-state index contributed by atoms with van der Waals surface area (Å²) in [6.07, 6.45) is 0. The van der Waals surface area contributed by atoms with Crippen LogP contribution in [0.2, 0.25) is 5.02 Å². The molecule has 1 aliphatic heterocycles. The summed E-state index contributed by atoms with van der Waals surface area (Å²) < 4.78 is 0. The van der Waals surface area contributed by atoms with Crippen LogP contribution in [0.1, 0.15) is 10.4 Å². The summed E-state index contributed by atoms with van der Waals surface area (Å²) in [4.78, 5) is 23.4. The van der Waals surface area contributed by atoms with Crippen LogP contribution in [0.25, 0.3) is 0 Å². The lowest BCUT2D eigenvalue weighted by Crippen LogP contribution is -2.48. The van der Waals surface area contributed by atoms with Crippen molar-refractivity contribution in [2.75, 3.05) is 31.1 Å². The second kappa shape index (κ2) is 9.30. The van der Waals surface area contributed by atoms with Crippen molar-refractivity contribution in [1.82, 2.24) is 10.6 Å². The molecule has 0 bridgehead atoms. The fraction of sp³-hybridized carbons (Fsp3) is 0.429. The maximum Gasteiger partial charge on any atom is 0.230 e. The average Bonchev–Trinajstić information content (AvgIpc) is 2.37. The van der Waals surface area contributed by atoms with E-state index in [4.69, 9.17) is 11.6 Å². The number of hydrogen-bond donors (Lipinski definition) is 2. The van der Waals surface area contributed by atoms with Crippen molar-refractivity contribution < 1.29 is 9.59 Å². The minimum atomic E-state index is -0.00851. The molecule has 1 aliphatic rings. The highest BCUT2D eigenvalue weighted by molar-refractivity contribution is 8.00. The van der Waals surface area contributed by atoms with E-state index in [9.17, 15) is 9.59 Å². The Morgan fingerprint density at radius 3 is 2.48 bits per heavy atom. The van der Waals surface area contributed by atoms with E-state index >= 15 is 0 Å². The van der Waals surface area contributed by atoms with Crippen LogP contribution in [0.3, 0.4) is 0 Å². The first-order valence-electron chi connectivity index (χ1n) is 6.49. The third kappa shape index (κ3) is 6.26. The topological polar surface area (TPSA) is 58.2 Å². The first kappa shape index (κ1) is 18.3. The van der Waals surface area contributed by atoms with E-state index in [1.807, 2.05) is 0 Å². The van der Waals surface area contributed by atoms with E-state index in [0.717, 1.165) is 19.6 Å². The molecule has 1 aromatic carbocycles. The number of hydrogen-bond acceptors (Lipinski definition) is 4. The number of amides is 1. The highest BCUT2D eigenvalue weighted by atomic mass is 35.5. The monoisotopic (exact) mass is 348 g/mol. The standard InChI is InChI=1S/C14H17ClN2O2S.ClH/c15-12-3-1-11(2-4-12)13(18)8-20-9-14(19)17-7-10-5-16-6-10;/h1-4,10,16H,5-9H2,(H,17,19);1H. The molecule has 1 heterocycles. The average molecular weight is 349 g/mol. The lowest BCUT2D eigenvalue weighted by molar-refractivity contribution is -0.118. The van der Waals surface area contributed by atoms with Crippen molar-refractivity contribution in [2.24, 2.45) is 5.92 Å². The van der Waals surface area contributed by atoms with E-state index in [-0.39, 0.29) is 24.1 Å². The van der Waals surface area contributed by atoms with Gasteiger partial charge in [0, 0.05) is 36.1 Å². The summed E-state index contributed by atoms with van der Waals surface area (Å²) in [6.45, 7) is 2.67. The third-order valence-electron chi connectivity index (χ3n) is 3.09. The Bertz CT molecular complexity index is 478. The Kier molecular flexibility index (Phi) is 8.11. The van der Waals surface area contributed by atoms with Crippen molar-refractivity contribution in [1.29, 1.82) is 0 Å². The molecule has 2 rings (SSSR count). The number of halogens is 2. The first-order valence-corrected chi connectivity index (χ1v) is 8.02. The molecule has 1 fully saturated rings. The van der Waals surface area contributed by atoms with Crippen molar-refractivity contribution in [3.63, 3.8) is 0 Å². The van der Waals surface area contributed by atoms with Gasteiger partial charge in [0.2, 0.25) is 5.91 Å². The molecule has 0 saturated carbocycles. The number of carbonyl (C=O) groups excluding carboxylic acids is 2. The molecule has 1 amide bonds. The minimum absolute atomic E-state index is 0. The molecular formula is C14H18Cl2N2O2S. The number of Topliss-reactive ketones (excluding diaryl/α,β-unsaturated/α-hetero) is 1. The van der Waals surface area contributed by atoms with Crippen LogP contribution in [-0.4, -0.2) is 42.8 Å².